The van der Waals surface area contributed by atoms with Gasteiger partial charge in [-0.25, -0.2) is 0 Å². The van der Waals surface area contributed by atoms with E-state index in [1.165, 1.54) is 0 Å². The van der Waals surface area contributed by atoms with Crippen molar-refractivity contribution in [2.75, 3.05) is 0 Å². The molecular formula is Al5Co2. The van der Waals surface area contributed by atoms with Crippen molar-refractivity contribution in [1.82, 2.24) is 0 Å². The van der Waals surface area contributed by atoms with E-state index >= 15 is 0 Å². The monoisotopic (exact) mass is 253 g/mol. The maximum Gasteiger partial charge on any atom is 0 e. The van der Waals surface area contributed by atoms with Crippen LogP contribution in [0.2, 0.25) is 0 Å². The van der Waals surface area contributed by atoms with Crippen LogP contribution < -0.4 is 0 Å². The molecule has 0 unspecified atom stereocenters. The minimum atomic E-state index is 0. The Morgan fingerprint density at radius 3 is 0.286 bits per heavy atom. The Hall–Kier alpha value is 3.68. The van der Waals surface area contributed by atoms with Crippen molar-refractivity contribution in [2.45, 2.75) is 0 Å². The molecular weight excluding hydrogens is 253 g/mol. The van der Waals surface area contributed by atoms with Crippen LogP contribution in [-0.4, -0.2) is 86.8 Å². The van der Waals surface area contributed by atoms with Gasteiger partial charge in [-0.2, -0.15) is 0 Å². The second kappa shape index (κ2) is 53.9. The summed E-state index contributed by atoms with van der Waals surface area (Å²) in [7, 11) is 0. The summed E-state index contributed by atoms with van der Waals surface area (Å²) in [5.74, 6) is 0. The summed E-state index contributed by atoms with van der Waals surface area (Å²) in [4.78, 5) is 0. The summed E-state index contributed by atoms with van der Waals surface area (Å²) in [6.45, 7) is 0. The first-order valence-electron chi connectivity index (χ1n) is 0. The molecule has 0 atom stereocenters. The first kappa shape index (κ1) is 74.0. The standard InChI is InChI=1S/5Al.2Co. The first-order chi connectivity index (χ1) is 0. The molecule has 0 N–H and O–H groups in total. The molecule has 0 aromatic carbocycles. The van der Waals surface area contributed by atoms with Crippen LogP contribution in [0.1, 0.15) is 0 Å². The van der Waals surface area contributed by atoms with Gasteiger partial charge in [0.15, 0.2) is 0 Å². The van der Waals surface area contributed by atoms with Crippen LogP contribution in [0.5, 0.6) is 0 Å². The van der Waals surface area contributed by atoms with Crippen LogP contribution >= 0.6 is 0 Å². The number of hydrogen-bond donors (Lipinski definition) is 0. The Labute approximate surface area is 118 Å². The summed E-state index contributed by atoms with van der Waals surface area (Å²) >= 11 is 0. The zero-order valence-electron chi connectivity index (χ0n) is 3.55. The van der Waals surface area contributed by atoms with Crippen molar-refractivity contribution in [1.29, 1.82) is 0 Å². The van der Waals surface area contributed by atoms with E-state index in [-0.39, 0.29) is 120 Å². The summed E-state index contributed by atoms with van der Waals surface area (Å²) in [5, 5.41) is 0. The average Bonchev–Trinajstić information content (AvgIpc) is 0. The van der Waals surface area contributed by atoms with Gasteiger partial charge >= 0.3 is 0 Å². The summed E-state index contributed by atoms with van der Waals surface area (Å²) in [6.07, 6.45) is 0. The van der Waals surface area contributed by atoms with Crippen molar-refractivity contribution in [3.63, 3.8) is 0 Å². The van der Waals surface area contributed by atoms with Gasteiger partial charge in [-0.15, -0.1) is 0 Å². The fourth-order valence-corrected chi connectivity index (χ4v) is 0. The molecule has 0 bridgehead atoms. The summed E-state index contributed by atoms with van der Waals surface area (Å²) < 4.78 is 0. The molecule has 0 aliphatic heterocycles. The second-order valence-corrected chi connectivity index (χ2v) is 0. The largest absolute Gasteiger partial charge is 0 e. The predicted molar refractivity (Wildman–Crippen MR) is 28.8 cm³/mol. The second-order valence-electron chi connectivity index (χ2n) is 0. The molecule has 0 saturated carbocycles. The number of rotatable bonds is 0. The van der Waals surface area contributed by atoms with Gasteiger partial charge in [0.25, 0.3) is 0 Å². The van der Waals surface area contributed by atoms with Gasteiger partial charge in [-0.1, -0.05) is 0 Å². The van der Waals surface area contributed by atoms with E-state index < -0.39 is 0 Å². The van der Waals surface area contributed by atoms with E-state index in [0.717, 1.165) is 0 Å². The normalized spacial score (nSPS) is 0. The van der Waals surface area contributed by atoms with Gasteiger partial charge in [0.2, 0.25) is 0 Å². The van der Waals surface area contributed by atoms with Gasteiger partial charge in [0.1, 0.15) is 0 Å². The van der Waals surface area contributed by atoms with Crippen LogP contribution in [-0.2, 0) is 33.6 Å². The third-order valence-corrected chi connectivity index (χ3v) is 0. The Bertz CT molecular complexity index is 6.04. The Morgan fingerprint density at radius 2 is 0.286 bits per heavy atom. The van der Waals surface area contributed by atoms with E-state index in [0.29, 0.717) is 0 Å². The molecule has 0 amide bonds. The molecule has 0 aliphatic carbocycles. The third kappa shape index (κ3) is 42.2. The van der Waals surface area contributed by atoms with Crippen LogP contribution in [0.3, 0.4) is 0 Å². The Kier molecular flexibility index (Phi) is 570. The van der Waals surface area contributed by atoms with Gasteiger partial charge < -0.3 is 0 Å². The van der Waals surface area contributed by atoms with Crippen LogP contribution in [0.25, 0.3) is 0 Å². The van der Waals surface area contributed by atoms with E-state index in [2.05, 4.69) is 0 Å². The van der Waals surface area contributed by atoms with Crippen molar-refractivity contribution in [3.05, 3.63) is 0 Å². The Morgan fingerprint density at radius 1 is 0.286 bits per heavy atom. The molecule has 0 aromatic rings. The molecule has 0 nitrogen and oxygen atoms in total. The SMILES string of the molecule is [Al].[Al].[Al].[Al].[Al].[Co].[Co]. The van der Waals surface area contributed by atoms with E-state index in [4.69, 9.17) is 0 Å². The first-order valence-corrected chi connectivity index (χ1v) is 0. The summed E-state index contributed by atoms with van der Waals surface area (Å²) in [5.41, 5.74) is 0. The maximum atomic E-state index is 0. The molecule has 33 valence electrons. The van der Waals surface area contributed by atoms with Gasteiger partial charge in [-0.05, 0) is 0 Å². The van der Waals surface area contributed by atoms with Crippen LogP contribution in [0.15, 0.2) is 0 Å². The molecule has 0 spiro atoms. The topological polar surface area (TPSA) is 0 Å². The van der Waals surface area contributed by atoms with Crippen LogP contribution in [0, 0.1) is 0 Å². The molecule has 0 aliphatic rings. The third-order valence-electron chi connectivity index (χ3n) is 0. The van der Waals surface area contributed by atoms with Crippen molar-refractivity contribution < 1.29 is 33.6 Å². The molecule has 0 saturated heterocycles. The number of hydrogen-bond acceptors (Lipinski definition) is 0. The fraction of sp³-hybridized carbons (Fsp3) is 0. The van der Waals surface area contributed by atoms with Gasteiger partial charge in [0, 0.05) is 120 Å². The molecule has 0 aromatic heterocycles. The molecule has 7 heteroatoms. The van der Waals surface area contributed by atoms with Crippen molar-refractivity contribution in [2.24, 2.45) is 0 Å². The maximum absolute atomic E-state index is 0. The Balaban J connectivity index is 0. The minimum Gasteiger partial charge on any atom is 0 e. The fourth-order valence-electron chi connectivity index (χ4n) is 0. The quantitative estimate of drug-likeness (QED) is 0.442. The van der Waals surface area contributed by atoms with Gasteiger partial charge in [-0.3, -0.25) is 0 Å². The van der Waals surface area contributed by atoms with E-state index in [9.17, 15) is 0 Å². The molecule has 17 radical (unpaired) electrons. The summed E-state index contributed by atoms with van der Waals surface area (Å²) in [6, 6.07) is 0. The zero-order chi connectivity index (χ0) is 0. The van der Waals surface area contributed by atoms with Crippen molar-refractivity contribution >= 4 is 86.8 Å². The smallest absolute Gasteiger partial charge is 0 e. The molecule has 0 heterocycles. The van der Waals surface area contributed by atoms with E-state index in [1.807, 2.05) is 0 Å². The zero-order valence-corrected chi connectivity index (χ0v) is 11.4. The predicted octanol–water partition coefficient (Wildman–Crippen LogP) is -1.91. The molecule has 0 fully saturated rings. The van der Waals surface area contributed by atoms with Crippen molar-refractivity contribution in [3.8, 4) is 0 Å². The molecule has 0 rings (SSSR count). The average molecular weight is 253 g/mol. The van der Waals surface area contributed by atoms with Gasteiger partial charge in [0.05, 0.1) is 0 Å². The minimum absolute atomic E-state index is 0. The molecule has 7 heavy (non-hydrogen) atoms. The van der Waals surface area contributed by atoms with Crippen LogP contribution in [0.4, 0.5) is 0 Å². The van der Waals surface area contributed by atoms with E-state index in [1.54, 1.807) is 0 Å².